The maximum Gasteiger partial charge on any atom is 0.146 e. The molecule has 0 saturated carbocycles. The van der Waals surface area contributed by atoms with E-state index in [1.54, 1.807) is 19.2 Å². The number of halogens is 1. The summed E-state index contributed by atoms with van der Waals surface area (Å²) in [4.78, 5) is 0. The Hall–Kier alpha value is -2.03. The number of nitrogens with one attached hydrogen (secondary N) is 1. The molecule has 2 nitrogen and oxygen atoms in total. The molecule has 0 aliphatic heterocycles. The van der Waals surface area contributed by atoms with Gasteiger partial charge in [0.15, 0.2) is 0 Å². The summed E-state index contributed by atoms with van der Waals surface area (Å²) in [5.41, 5.74) is 2.78. The van der Waals surface area contributed by atoms with Crippen LogP contribution in [0.25, 0.3) is 0 Å². The van der Waals surface area contributed by atoms with Gasteiger partial charge in [-0.1, -0.05) is 38.1 Å². The molecule has 0 spiro atoms. The molecule has 0 saturated heterocycles. The predicted octanol–water partition coefficient (Wildman–Crippen LogP) is 4.57. The van der Waals surface area contributed by atoms with Gasteiger partial charge in [0, 0.05) is 12.1 Å². The molecule has 0 bridgehead atoms. The van der Waals surface area contributed by atoms with Crippen molar-refractivity contribution in [1.82, 2.24) is 0 Å². The lowest BCUT2D eigenvalue weighted by atomic mass is 10.00. The molecule has 0 aliphatic rings. The number of hydrogen-bond donors (Lipinski definition) is 1. The number of rotatable bonds is 5. The zero-order valence-electron chi connectivity index (χ0n) is 12.1. The molecule has 0 amide bonds. The van der Waals surface area contributed by atoms with Gasteiger partial charge >= 0.3 is 0 Å². The lowest BCUT2D eigenvalue weighted by Crippen LogP contribution is -2.04. The number of ether oxygens (including phenoxy) is 1. The highest BCUT2D eigenvalue weighted by Crippen LogP contribution is 2.25. The SMILES string of the molecule is COc1ccc(C(C)C)cc1CNc1ccccc1F. The molecule has 0 atom stereocenters. The first kappa shape index (κ1) is 14.4. The summed E-state index contributed by atoms with van der Waals surface area (Å²) < 4.78 is 19.0. The minimum Gasteiger partial charge on any atom is -0.496 e. The first-order valence-electron chi connectivity index (χ1n) is 6.77. The van der Waals surface area contributed by atoms with Gasteiger partial charge in [0.2, 0.25) is 0 Å². The second-order valence-electron chi connectivity index (χ2n) is 5.06. The summed E-state index contributed by atoms with van der Waals surface area (Å²) in [6.07, 6.45) is 0. The molecule has 3 heteroatoms. The smallest absolute Gasteiger partial charge is 0.146 e. The van der Waals surface area contributed by atoms with Crippen molar-refractivity contribution in [2.75, 3.05) is 12.4 Å². The van der Waals surface area contributed by atoms with E-state index in [1.807, 2.05) is 12.1 Å². The Morgan fingerprint density at radius 1 is 1.15 bits per heavy atom. The van der Waals surface area contributed by atoms with Crippen LogP contribution in [-0.4, -0.2) is 7.11 Å². The fourth-order valence-electron chi connectivity index (χ4n) is 2.09. The minimum absolute atomic E-state index is 0.244. The van der Waals surface area contributed by atoms with Crippen LogP contribution >= 0.6 is 0 Å². The number of benzene rings is 2. The van der Waals surface area contributed by atoms with Crippen LogP contribution in [0.1, 0.15) is 30.9 Å². The lowest BCUT2D eigenvalue weighted by molar-refractivity contribution is 0.410. The van der Waals surface area contributed by atoms with Gasteiger partial charge in [0.25, 0.3) is 0 Å². The maximum atomic E-state index is 13.6. The average Bonchev–Trinajstić information content (AvgIpc) is 2.46. The summed E-state index contributed by atoms with van der Waals surface area (Å²) >= 11 is 0. The van der Waals surface area contributed by atoms with Crippen LogP contribution < -0.4 is 10.1 Å². The molecular weight excluding hydrogens is 253 g/mol. The third-order valence-electron chi connectivity index (χ3n) is 3.31. The van der Waals surface area contributed by atoms with Crippen LogP contribution in [0.15, 0.2) is 42.5 Å². The Bertz CT molecular complexity index is 581. The number of methoxy groups -OCH3 is 1. The van der Waals surface area contributed by atoms with Crippen molar-refractivity contribution in [3.63, 3.8) is 0 Å². The molecule has 106 valence electrons. The van der Waals surface area contributed by atoms with Crippen molar-refractivity contribution in [2.24, 2.45) is 0 Å². The third-order valence-corrected chi connectivity index (χ3v) is 3.31. The summed E-state index contributed by atoms with van der Waals surface area (Å²) in [5, 5.41) is 3.12. The van der Waals surface area contributed by atoms with E-state index in [0.29, 0.717) is 18.2 Å². The summed E-state index contributed by atoms with van der Waals surface area (Å²) in [6.45, 7) is 4.83. The van der Waals surface area contributed by atoms with Crippen molar-refractivity contribution in [2.45, 2.75) is 26.3 Å². The Labute approximate surface area is 119 Å². The van der Waals surface area contributed by atoms with E-state index in [-0.39, 0.29) is 5.82 Å². The zero-order valence-corrected chi connectivity index (χ0v) is 12.1. The van der Waals surface area contributed by atoms with Crippen molar-refractivity contribution in [1.29, 1.82) is 0 Å². The van der Waals surface area contributed by atoms with Crippen molar-refractivity contribution in [3.05, 3.63) is 59.4 Å². The number of para-hydroxylation sites is 1. The van der Waals surface area contributed by atoms with E-state index in [0.717, 1.165) is 11.3 Å². The predicted molar refractivity (Wildman–Crippen MR) is 80.8 cm³/mol. The van der Waals surface area contributed by atoms with Gasteiger partial charge in [0.05, 0.1) is 12.8 Å². The highest BCUT2D eigenvalue weighted by atomic mass is 19.1. The van der Waals surface area contributed by atoms with Gasteiger partial charge < -0.3 is 10.1 Å². The highest BCUT2D eigenvalue weighted by molar-refractivity contribution is 5.47. The molecule has 1 N–H and O–H groups in total. The average molecular weight is 273 g/mol. The maximum absolute atomic E-state index is 13.6. The minimum atomic E-state index is -0.244. The van der Waals surface area contributed by atoms with E-state index in [1.165, 1.54) is 11.6 Å². The van der Waals surface area contributed by atoms with E-state index < -0.39 is 0 Å². The summed E-state index contributed by atoms with van der Waals surface area (Å²) in [5.74, 6) is 1.03. The molecule has 2 aromatic carbocycles. The molecule has 0 aliphatic carbocycles. The van der Waals surface area contributed by atoms with Gasteiger partial charge in [-0.15, -0.1) is 0 Å². The fourth-order valence-corrected chi connectivity index (χ4v) is 2.09. The van der Waals surface area contributed by atoms with E-state index in [4.69, 9.17) is 4.74 Å². The monoisotopic (exact) mass is 273 g/mol. The first-order valence-corrected chi connectivity index (χ1v) is 6.77. The second-order valence-corrected chi connectivity index (χ2v) is 5.06. The standard InChI is InChI=1S/C17H20FNO/c1-12(2)13-8-9-17(20-3)14(10-13)11-19-16-7-5-4-6-15(16)18/h4-10,12,19H,11H2,1-3H3. The van der Waals surface area contributed by atoms with Crippen LogP contribution in [-0.2, 0) is 6.54 Å². The van der Waals surface area contributed by atoms with Crippen LogP contribution in [0.2, 0.25) is 0 Å². The lowest BCUT2D eigenvalue weighted by Gasteiger charge is -2.14. The normalized spacial score (nSPS) is 10.7. The van der Waals surface area contributed by atoms with Crippen molar-refractivity contribution in [3.8, 4) is 5.75 Å². The second kappa shape index (κ2) is 6.42. The number of hydrogen-bond acceptors (Lipinski definition) is 2. The molecule has 0 heterocycles. The molecule has 0 radical (unpaired) electrons. The van der Waals surface area contributed by atoms with Crippen LogP contribution in [0.3, 0.4) is 0 Å². The first-order chi connectivity index (χ1) is 9.61. The molecule has 2 rings (SSSR count). The Balaban J connectivity index is 2.19. The van der Waals surface area contributed by atoms with Crippen LogP contribution in [0, 0.1) is 5.82 Å². The Morgan fingerprint density at radius 2 is 1.90 bits per heavy atom. The molecule has 0 fully saturated rings. The van der Waals surface area contributed by atoms with E-state index in [2.05, 4.69) is 31.3 Å². The van der Waals surface area contributed by atoms with Gasteiger partial charge in [-0.05, 0) is 29.7 Å². The third kappa shape index (κ3) is 3.29. The van der Waals surface area contributed by atoms with E-state index in [9.17, 15) is 4.39 Å². The topological polar surface area (TPSA) is 21.3 Å². The van der Waals surface area contributed by atoms with Gasteiger partial charge in [-0.2, -0.15) is 0 Å². The van der Waals surface area contributed by atoms with Crippen molar-refractivity contribution < 1.29 is 9.13 Å². The molecule has 2 aromatic rings. The van der Waals surface area contributed by atoms with E-state index >= 15 is 0 Å². The molecule has 0 aromatic heterocycles. The molecular formula is C17H20FNO. The van der Waals surface area contributed by atoms with Gasteiger partial charge in [-0.25, -0.2) is 4.39 Å². The quantitative estimate of drug-likeness (QED) is 0.861. The largest absolute Gasteiger partial charge is 0.496 e. The van der Waals surface area contributed by atoms with Crippen LogP contribution in [0.4, 0.5) is 10.1 Å². The molecule has 20 heavy (non-hydrogen) atoms. The molecule has 0 unspecified atom stereocenters. The number of anilines is 1. The Morgan fingerprint density at radius 3 is 2.55 bits per heavy atom. The zero-order chi connectivity index (χ0) is 14.5. The highest BCUT2D eigenvalue weighted by Gasteiger charge is 2.08. The van der Waals surface area contributed by atoms with Crippen molar-refractivity contribution >= 4 is 5.69 Å². The summed E-state index contributed by atoms with van der Waals surface area (Å²) in [6, 6.07) is 12.8. The van der Waals surface area contributed by atoms with Crippen LogP contribution in [0.5, 0.6) is 5.75 Å². The van der Waals surface area contributed by atoms with Gasteiger partial charge in [0.1, 0.15) is 11.6 Å². The Kier molecular flexibility index (Phi) is 4.61. The fraction of sp³-hybridized carbons (Fsp3) is 0.294. The van der Waals surface area contributed by atoms with Gasteiger partial charge in [-0.3, -0.25) is 0 Å². The summed E-state index contributed by atoms with van der Waals surface area (Å²) in [7, 11) is 1.65.